The topological polar surface area (TPSA) is 67.5 Å². The Bertz CT molecular complexity index is 659. The van der Waals surface area contributed by atoms with Crippen LogP contribution in [0, 0.1) is 15.9 Å². The molecule has 0 spiro atoms. The average molecular weight is 338 g/mol. The first kappa shape index (κ1) is 14.1. The van der Waals surface area contributed by atoms with Crippen molar-refractivity contribution in [3.63, 3.8) is 0 Å². The van der Waals surface area contributed by atoms with E-state index in [4.69, 9.17) is 0 Å². The van der Waals surface area contributed by atoms with E-state index in [-0.39, 0.29) is 11.5 Å². The summed E-state index contributed by atoms with van der Waals surface area (Å²) in [5.74, 6) is -0.387. The smallest absolute Gasteiger partial charge is 0.269 e. The van der Waals surface area contributed by atoms with Crippen LogP contribution in [-0.4, -0.2) is 11.1 Å². The van der Waals surface area contributed by atoms with E-state index in [2.05, 4.69) is 26.5 Å². The van der Waals surface area contributed by atoms with Crippen molar-refractivity contribution >= 4 is 33.5 Å². The molecule has 0 aliphatic carbocycles. The summed E-state index contributed by atoms with van der Waals surface area (Å²) in [5.41, 5.74) is 3.57. The molecule has 0 bridgehead atoms. The minimum Gasteiger partial charge on any atom is -0.278 e. The number of hydrogen-bond donors (Lipinski definition) is 1. The minimum absolute atomic E-state index is 0.00226. The lowest BCUT2D eigenvalue weighted by molar-refractivity contribution is -0.384. The predicted molar refractivity (Wildman–Crippen MR) is 78.4 cm³/mol. The van der Waals surface area contributed by atoms with Gasteiger partial charge in [-0.05, 0) is 30.3 Å². The third-order valence-corrected chi connectivity index (χ3v) is 2.93. The number of hydrazone groups is 1. The molecule has 2 aromatic rings. The third-order valence-electron chi connectivity index (χ3n) is 2.43. The second-order valence-corrected chi connectivity index (χ2v) is 4.76. The molecule has 0 saturated carbocycles. The standard InChI is InChI=1S/C13H9BrFN3O2/c14-10-1-6-13(15)9(7-10)8-16-17-11-2-4-12(5-3-11)18(19)20/h1-8,17H. The second kappa shape index (κ2) is 6.25. The van der Waals surface area contributed by atoms with E-state index in [9.17, 15) is 14.5 Å². The molecular weight excluding hydrogens is 329 g/mol. The van der Waals surface area contributed by atoms with Gasteiger partial charge in [-0.1, -0.05) is 15.9 Å². The van der Waals surface area contributed by atoms with Gasteiger partial charge >= 0.3 is 0 Å². The Morgan fingerprint density at radius 2 is 1.95 bits per heavy atom. The summed E-state index contributed by atoms with van der Waals surface area (Å²) < 4.78 is 14.2. The van der Waals surface area contributed by atoms with E-state index in [1.807, 2.05) is 0 Å². The van der Waals surface area contributed by atoms with Gasteiger partial charge in [0.05, 0.1) is 16.8 Å². The monoisotopic (exact) mass is 337 g/mol. The highest BCUT2D eigenvalue weighted by Crippen LogP contribution is 2.16. The van der Waals surface area contributed by atoms with Gasteiger partial charge in [-0.15, -0.1) is 0 Å². The van der Waals surface area contributed by atoms with Crippen molar-refractivity contribution in [2.45, 2.75) is 0 Å². The summed E-state index contributed by atoms with van der Waals surface area (Å²) in [6.07, 6.45) is 1.33. The molecular formula is C13H9BrFN3O2. The van der Waals surface area contributed by atoms with Crippen molar-refractivity contribution < 1.29 is 9.31 Å². The maximum atomic E-state index is 13.4. The lowest BCUT2D eigenvalue weighted by Gasteiger charge is -2.00. The lowest BCUT2D eigenvalue weighted by atomic mass is 10.2. The molecule has 0 radical (unpaired) electrons. The molecule has 102 valence electrons. The zero-order valence-corrected chi connectivity index (χ0v) is 11.7. The van der Waals surface area contributed by atoms with Gasteiger partial charge in [0.15, 0.2) is 0 Å². The van der Waals surface area contributed by atoms with Crippen molar-refractivity contribution in [3.05, 3.63) is 68.4 Å². The van der Waals surface area contributed by atoms with Gasteiger partial charge in [0.2, 0.25) is 0 Å². The van der Waals surface area contributed by atoms with Crippen LogP contribution >= 0.6 is 15.9 Å². The quantitative estimate of drug-likeness (QED) is 0.522. The number of benzene rings is 2. The van der Waals surface area contributed by atoms with Crippen molar-refractivity contribution in [2.24, 2.45) is 5.10 Å². The molecule has 2 rings (SSSR count). The summed E-state index contributed by atoms with van der Waals surface area (Å²) in [6.45, 7) is 0. The van der Waals surface area contributed by atoms with E-state index in [0.717, 1.165) is 4.47 Å². The molecule has 0 unspecified atom stereocenters. The summed E-state index contributed by atoms with van der Waals surface area (Å²) in [7, 11) is 0. The average Bonchev–Trinajstić information content (AvgIpc) is 2.43. The molecule has 5 nitrogen and oxygen atoms in total. The number of halogens is 2. The lowest BCUT2D eigenvalue weighted by Crippen LogP contribution is -1.94. The Morgan fingerprint density at radius 3 is 2.60 bits per heavy atom. The number of nitrogens with zero attached hydrogens (tertiary/aromatic N) is 2. The van der Waals surface area contributed by atoms with Crippen molar-refractivity contribution in [2.75, 3.05) is 5.43 Å². The number of anilines is 1. The van der Waals surface area contributed by atoms with Gasteiger partial charge in [-0.3, -0.25) is 15.5 Å². The van der Waals surface area contributed by atoms with Crippen molar-refractivity contribution in [1.29, 1.82) is 0 Å². The number of non-ortho nitro benzene ring substituents is 1. The van der Waals surface area contributed by atoms with E-state index < -0.39 is 4.92 Å². The zero-order chi connectivity index (χ0) is 14.5. The Balaban J connectivity index is 2.06. The zero-order valence-electron chi connectivity index (χ0n) is 10.1. The third kappa shape index (κ3) is 3.61. The number of nitro benzene ring substituents is 1. The van der Waals surface area contributed by atoms with E-state index in [0.29, 0.717) is 11.3 Å². The van der Waals surface area contributed by atoms with Crippen LogP contribution in [0.3, 0.4) is 0 Å². The molecule has 0 saturated heterocycles. The Labute approximate surface area is 122 Å². The van der Waals surface area contributed by atoms with Crippen molar-refractivity contribution in [3.8, 4) is 0 Å². The first-order valence-electron chi connectivity index (χ1n) is 5.55. The Hall–Kier alpha value is -2.28. The Kier molecular flexibility index (Phi) is 4.41. The first-order chi connectivity index (χ1) is 9.56. The number of rotatable bonds is 4. The molecule has 0 aliphatic rings. The molecule has 0 heterocycles. The summed E-state index contributed by atoms with van der Waals surface area (Å²) in [5, 5.41) is 14.4. The molecule has 0 amide bonds. The van der Waals surface area contributed by atoms with Crippen LogP contribution in [0.25, 0.3) is 0 Å². The van der Waals surface area contributed by atoms with E-state index in [1.165, 1.54) is 36.5 Å². The number of nitrogens with one attached hydrogen (secondary N) is 1. The minimum atomic E-state index is -0.482. The van der Waals surface area contributed by atoms with Crippen LogP contribution in [0.1, 0.15) is 5.56 Å². The number of hydrogen-bond acceptors (Lipinski definition) is 4. The molecule has 1 N–H and O–H groups in total. The summed E-state index contributed by atoms with van der Waals surface area (Å²) in [6, 6.07) is 10.3. The number of nitro groups is 1. The summed E-state index contributed by atoms with van der Waals surface area (Å²) in [4.78, 5) is 10.0. The second-order valence-electron chi connectivity index (χ2n) is 3.84. The fourth-order valence-electron chi connectivity index (χ4n) is 1.45. The highest BCUT2D eigenvalue weighted by atomic mass is 79.9. The maximum Gasteiger partial charge on any atom is 0.269 e. The largest absolute Gasteiger partial charge is 0.278 e. The van der Waals surface area contributed by atoms with Crippen molar-refractivity contribution in [1.82, 2.24) is 0 Å². The highest BCUT2D eigenvalue weighted by Gasteiger charge is 2.03. The van der Waals surface area contributed by atoms with Gasteiger partial charge in [0, 0.05) is 22.2 Å². The summed E-state index contributed by atoms with van der Waals surface area (Å²) >= 11 is 3.24. The fraction of sp³-hybridized carbons (Fsp3) is 0. The normalized spacial score (nSPS) is 10.7. The van der Waals surface area contributed by atoms with Gasteiger partial charge in [0.1, 0.15) is 5.82 Å². The van der Waals surface area contributed by atoms with Crippen LogP contribution in [0.4, 0.5) is 15.8 Å². The molecule has 2 aromatic carbocycles. The van der Waals surface area contributed by atoms with Crippen LogP contribution in [0.15, 0.2) is 52.0 Å². The van der Waals surface area contributed by atoms with Crippen LogP contribution in [0.2, 0.25) is 0 Å². The van der Waals surface area contributed by atoms with Gasteiger partial charge in [-0.2, -0.15) is 5.10 Å². The van der Waals surface area contributed by atoms with E-state index in [1.54, 1.807) is 12.1 Å². The highest BCUT2D eigenvalue weighted by molar-refractivity contribution is 9.10. The Morgan fingerprint density at radius 1 is 1.25 bits per heavy atom. The molecule has 0 atom stereocenters. The molecule has 20 heavy (non-hydrogen) atoms. The fourth-order valence-corrected chi connectivity index (χ4v) is 1.83. The molecule has 0 aliphatic heterocycles. The molecule has 0 aromatic heterocycles. The molecule has 7 heteroatoms. The van der Waals surface area contributed by atoms with Gasteiger partial charge in [-0.25, -0.2) is 4.39 Å². The molecule has 0 fully saturated rings. The predicted octanol–water partition coefficient (Wildman–Crippen LogP) is 3.94. The van der Waals surface area contributed by atoms with Gasteiger partial charge in [0.25, 0.3) is 5.69 Å². The van der Waals surface area contributed by atoms with Gasteiger partial charge < -0.3 is 0 Å². The maximum absolute atomic E-state index is 13.4. The van der Waals surface area contributed by atoms with Crippen LogP contribution in [0.5, 0.6) is 0 Å². The first-order valence-corrected chi connectivity index (χ1v) is 6.34. The van der Waals surface area contributed by atoms with Crippen LogP contribution in [-0.2, 0) is 0 Å². The van der Waals surface area contributed by atoms with Crippen LogP contribution < -0.4 is 5.43 Å². The van der Waals surface area contributed by atoms with E-state index >= 15 is 0 Å². The SMILES string of the molecule is O=[N+]([O-])c1ccc(NN=Cc2cc(Br)ccc2F)cc1.